The van der Waals surface area contributed by atoms with Crippen molar-refractivity contribution >= 4 is 39.2 Å². The Labute approximate surface area is 130 Å². The first-order valence-electron chi connectivity index (χ1n) is 5.75. The molecule has 0 bridgehead atoms. The third-order valence-corrected chi connectivity index (χ3v) is 5.97. The van der Waals surface area contributed by atoms with E-state index < -0.39 is 43.8 Å². The van der Waals surface area contributed by atoms with E-state index >= 15 is 0 Å². The van der Waals surface area contributed by atoms with E-state index in [0.29, 0.717) is 0 Å². The van der Waals surface area contributed by atoms with Crippen LogP contribution in [0.4, 0.5) is 4.39 Å². The monoisotopic (exact) mass is 356 g/mol. The first-order valence-corrected chi connectivity index (χ1v) is 7.95. The number of sulfonamides is 1. The van der Waals surface area contributed by atoms with E-state index in [4.69, 9.17) is 34.0 Å². The number of hydrogen-bond acceptors (Lipinski definition) is 4. The molecule has 0 aromatic heterocycles. The van der Waals surface area contributed by atoms with Crippen LogP contribution in [0.3, 0.4) is 0 Å². The van der Waals surface area contributed by atoms with Gasteiger partial charge >= 0.3 is 5.97 Å². The molecule has 0 amide bonds. The van der Waals surface area contributed by atoms with Gasteiger partial charge in [0, 0.05) is 13.1 Å². The number of benzene rings is 1. The minimum atomic E-state index is -4.15. The number of carboxylic acid groups (broad SMARTS) is 1. The van der Waals surface area contributed by atoms with Gasteiger partial charge in [-0.2, -0.15) is 4.31 Å². The van der Waals surface area contributed by atoms with Crippen molar-refractivity contribution in [3.63, 3.8) is 0 Å². The van der Waals surface area contributed by atoms with Crippen molar-refractivity contribution in [1.82, 2.24) is 4.31 Å². The number of nitrogens with zero attached hydrogens (tertiary/aromatic N) is 1. The highest BCUT2D eigenvalue weighted by molar-refractivity contribution is 7.89. The highest BCUT2D eigenvalue weighted by Gasteiger charge is 2.46. The molecule has 10 heteroatoms. The van der Waals surface area contributed by atoms with Crippen molar-refractivity contribution in [2.75, 3.05) is 13.1 Å². The van der Waals surface area contributed by atoms with Crippen LogP contribution in [0.1, 0.15) is 6.42 Å². The number of rotatable bonds is 3. The smallest absolute Gasteiger partial charge is 0.325 e. The number of halogens is 3. The topological polar surface area (TPSA) is 101 Å². The maximum atomic E-state index is 13.6. The summed E-state index contributed by atoms with van der Waals surface area (Å²) in [4.78, 5) is 10.6. The Bertz CT molecular complexity index is 712. The number of carboxylic acids is 1. The Balaban J connectivity index is 2.41. The SMILES string of the molecule is NC1(C(=O)O)CCN(S(=O)(=O)c2ccc(Cl)c(F)c2Cl)C1. The van der Waals surface area contributed by atoms with Crippen LogP contribution in [0.25, 0.3) is 0 Å². The summed E-state index contributed by atoms with van der Waals surface area (Å²) in [5, 5.41) is 8.07. The van der Waals surface area contributed by atoms with E-state index in [2.05, 4.69) is 0 Å². The van der Waals surface area contributed by atoms with Crippen molar-refractivity contribution in [3.05, 3.63) is 28.0 Å². The lowest BCUT2D eigenvalue weighted by molar-refractivity contribution is -0.142. The maximum absolute atomic E-state index is 13.6. The van der Waals surface area contributed by atoms with E-state index in [1.807, 2.05) is 0 Å². The summed E-state index contributed by atoms with van der Waals surface area (Å²) in [5.41, 5.74) is 3.96. The standard InChI is InChI=1S/C11H11Cl2FN2O4S/c12-6-1-2-7(8(13)9(6)14)21(19,20)16-4-3-11(15,5-16)10(17)18/h1-2H,3-5,15H2,(H,17,18). The molecular formula is C11H11Cl2FN2O4S. The average Bonchev–Trinajstić information content (AvgIpc) is 2.80. The van der Waals surface area contributed by atoms with Gasteiger partial charge in [0.05, 0.1) is 10.0 Å². The lowest BCUT2D eigenvalue weighted by Crippen LogP contribution is -2.50. The second-order valence-electron chi connectivity index (χ2n) is 4.72. The summed E-state index contributed by atoms with van der Waals surface area (Å²) in [7, 11) is -4.15. The highest BCUT2D eigenvalue weighted by Crippen LogP contribution is 2.33. The van der Waals surface area contributed by atoms with Gasteiger partial charge in [-0.25, -0.2) is 12.8 Å². The Morgan fingerprint density at radius 1 is 1.43 bits per heavy atom. The predicted octanol–water partition coefficient (Wildman–Crippen LogP) is 1.31. The summed E-state index contributed by atoms with van der Waals surface area (Å²) in [6.45, 7) is -0.503. The molecule has 1 atom stereocenters. The van der Waals surface area contributed by atoms with Crippen LogP contribution in [0.15, 0.2) is 17.0 Å². The zero-order valence-electron chi connectivity index (χ0n) is 10.5. The fraction of sp³-hybridized carbons (Fsp3) is 0.364. The van der Waals surface area contributed by atoms with E-state index in [9.17, 15) is 17.6 Å². The second-order valence-corrected chi connectivity index (χ2v) is 7.41. The molecule has 3 N–H and O–H groups in total. The molecule has 1 unspecified atom stereocenters. The van der Waals surface area contributed by atoms with Crippen LogP contribution in [0.2, 0.25) is 10.0 Å². The molecule has 0 radical (unpaired) electrons. The average molecular weight is 357 g/mol. The zero-order valence-corrected chi connectivity index (χ0v) is 12.8. The van der Waals surface area contributed by atoms with Gasteiger partial charge in [-0.05, 0) is 18.6 Å². The lowest BCUT2D eigenvalue weighted by Gasteiger charge is -2.20. The molecule has 2 rings (SSSR count). The maximum Gasteiger partial charge on any atom is 0.325 e. The van der Waals surface area contributed by atoms with Crippen LogP contribution in [0.5, 0.6) is 0 Å². The van der Waals surface area contributed by atoms with Gasteiger partial charge in [-0.1, -0.05) is 23.2 Å². The third-order valence-electron chi connectivity index (χ3n) is 3.31. The molecule has 1 aliphatic rings. The molecule has 6 nitrogen and oxygen atoms in total. The van der Waals surface area contributed by atoms with Crippen molar-refractivity contribution in [3.8, 4) is 0 Å². The van der Waals surface area contributed by atoms with Gasteiger partial charge in [-0.3, -0.25) is 4.79 Å². The van der Waals surface area contributed by atoms with Crippen molar-refractivity contribution in [2.24, 2.45) is 5.73 Å². The van der Waals surface area contributed by atoms with Crippen molar-refractivity contribution in [1.29, 1.82) is 0 Å². The fourth-order valence-corrected chi connectivity index (χ4v) is 4.25. The minimum absolute atomic E-state index is 0.0464. The summed E-state index contributed by atoms with van der Waals surface area (Å²) < 4.78 is 39.3. The molecule has 1 heterocycles. The highest BCUT2D eigenvalue weighted by atomic mass is 35.5. The summed E-state index contributed by atoms with van der Waals surface area (Å²) in [5.74, 6) is -2.34. The quantitative estimate of drug-likeness (QED) is 0.795. The van der Waals surface area contributed by atoms with Gasteiger partial charge in [0.25, 0.3) is 0 Å². The Morgan fingerprint density at radius 3 is 2.57 bits per heavy atom. The Hall–Kier alpha value is -0.930. The summed E-state index contributed by atoms with van der Waals surface area (Å²) in [6, 6.07) is 2.14. The molecule has 21 heavy (non-hydrogen) atoms. The van der Waals surface area contributed by atoms with Crippen LogP contribution < -0.4 is 5.73 Å². The van der Waals surface area contributed by atoms with Crippen LogP contribution >= 0.6 is 23.2 Å². The van der Waals surface area contributed by atoms with Crippen molar-refractivity contribution < 1.29 is 22.7 Å². The van der Waals surface area contributed by atoms with E-state index in [0.717, 1.165) is 16.4 Å². The molecule has 1 saturated heterocycles. The van der Waals surface area contributed by atoms with E-state index in [1.165, 1.54) is 0 Å². The fourth-order valence-electron chi connectivity index (χ4n) is 2.02. The van der Waals surface area contributed by atoms with Crippen LogP contribution in [-0.4, -0.2) is 42.4 Å². The first-order chi connectivity index (χ1) is 9.59. The van der Waals surface area contributed by atoms with Crippen LogP contribution in [-0.2, 0) is 14.8 Å². The second kappa shape index (κ2) is 5.36. The molecule has 116 valence electrons. The molecule has 1 aromatic carbocycles. The number of carbonyl (C=O) groups is 1. The molecule has 1 aliphatic heterocycles. The van der Waals surface area contributed by atoms with E-state index in [1.54, 1.807) is 0 Å². The lowest BCUT2D eigenvalue weighted by atomic mass is 10.0. The minimum Gasteiger partial charge on any atom is -0.480 e. The van der Waals surface area contributed by atoms with Gasteiger partial charge in [0.2, 0.25) is 10.0 Å². The molecular weight excluding hydrogens is 346 g/mol. The Morgan fingerprint density at radius 2 is 2.05 bits per heavy atom. The van der Waals surface area contributed by atoms with Crippen molar-refractivity contribution in [2.45, 2.75) is 16.9 Å². The largest absolute Gasteiger partial charge is 0.480 e. The summed E-state index contributed by atoms with van der Waals surface area (Å²) >= 11 is 11.2. The number of hydrogen-bond donors (Lipinski definition) is 2. The molecule has 1 aromatic rings. The molecule has 0 saturated carbocycles. The van der Waals surface area contributed by atoms with E-state index in [-0.39, 0.29) is 18.0 Å². The van der Waals surface area contributed by atoms with Gasteiger partial charge in [-0.15, -0.1) is 0 Å². The first kappa shape index (κ1) is 16.4. The molecule has 1 fully saturated rings. The Kier molecular flexibility index (Phi) is 4.20. The van der Waals surface area contributed by atoms with Gasteiger partial charge < -0.3 is 10.8 Å². The third kappa shape index (κ3) is 2.74. The zero-order chi connectivity index (χ0) is 16.0. The van der Waals surface area contributed by atoms with Gasteiger partial charge in [0.15, 0.2) is 5.82 Å². The predicted molar refractivity (Wildman–Crippen MR) is 74.4 cm³/mol. The molecule has 0 spiro atoms. The van der Waals surface area contributed by atoms with Gasteiger partial charge in [0.1, 0.15) is 10.4 Å². The number of nitrogens with two attached hydrogens (primary N) is 1. The normalized spacial score (nSPS) is 23.4. The van der Waals surface area contributed by atoms with Crippen LogP contribution in [0, 0.1) is 5.82 Å². The summed E-state index contributed by atoms with van der Waals surface area (Å²) in [6.07, 6.45) is -0.0464. The molecule has 0 aliphatic carbocycles. The number of aliphatic carboxylic acids is 1.